The van der Waals surface area contributed by atoms with E-state index >= 15 is 0 Å². The molecule has 0 aliphatic carbocycles. The summed E-state index contributed by atoms with van der Waals surface area (Å²) in [6, 6.07) is 3.42. The molecule has 0 fully saturated rings. The van der Waals surface area contributed by atoms with Gasteiger partial charge in [0.1, 0.15) is 0 Å². The molecule has 1 aromatic heterocycles. The average molecular weight is 281 g/mol. The smallest absolute Gasteiger partial charge is 0.305 e. The molecule has 19 heavy (non-hydrogen) atoms. The van der Waals surface area contributed by atoms with Crippen molar-refractivity contribution in [3.63, 3.8) is 0 Å². The zero-order chi connectivity index (χ0) is 14.5. The van der Waals surface area contributed by atoms with Crippen molar-refractivity contribution < 1.29 is 14.7 Å². The molecule has 2 N–H and O–H groups in total. The highest BCUT2D eigenvalue weighted by Gasteiger charge is 2.27. The summed E-state index contributed by atoms with van der Waals surface area (Å²) < 4.78 is 0. The van der Waals surface area contributed by atoms with E-state index in [1.807, 2.05) is 38.3 Å². The van der Waals surface area contributed by atoms with Gasteiger partial charge in [0.25, 0.3) is 0 Å². The molecule has 1 heterocycles. The molecule has 5 heteroatoms. The average Bonchev–Trinajstić information content (AvgIpc) is 2.76. The Morgan fingerprint density at radius 1 is 1.47 bits per heavy atom. The number of carboxylic acids is 1. The van der Waals surface area contributed by atoms with Gasteiger partial charge in [-0.1, -0.05) is 26.8 Å². The van der Waals surface area contributed by atoms with E-state index in [1.165, 1.54) is 17.4 Å². The number of hydrogen-bond acceptors (Lipinski definition) is 3. The summed E-state index contributed by atoms with van der Waals surface area (Å²) in [5, 5.41) is 13.6. The third-order valence-corrected chi connectivity index (χ3v) is 3.52. The molecule has 104 valence electrons. The fraction of sp³-hybridized carbons (Fsp3) is 0.429. The highest BCUT2D eigenvalue weighted by atomic mass is 32.1. The molecule has 0 saturated carbocycles. The van der Waals surface area contributed by atoms with E-state index in [-0.39, 0.29) is 17.7 Å². The van der Waals surface area contributed by atoms with Crippen LogP contribution in [0.5, 0.6) is 0 Å². The van der Waals surface area contributed by atoms with Gasteiger partial charge in [-0.15, -0.1) is 11.3 Å². The molecule has 0 saturated heterocycles. The van der Waals surface area contributed by atoms with Crippen LogP contribution < -0.4 is 5.32 Å². The zero-order valence-corrected chi connectivity index (χ0v) is 12.2. The molecular weight excluding hydrogens is 262 g/mol. The van der Waals surface area contributed by atoms with Gasteiger partial charge in [0.05, 0.1) is 6.42 Å². The van der Waals surface area contributed by atoms with E-state index in [1.54, 1.807) is 6.08 Å². The van der Waals surface area contributed by atoms with Gasteiger partial charge in [0.15, 0.2) is 0 Å². The SMILES string of the molecule is CC(C)(C)C(CC(=O)O)NC(=O)/C=C/c1cccs1. The maximum atomic E-state index is 11.8. The molecule has 1 atom stereocenters. The number of rotatable bonds is 5. The summed E-state index contributed by atoms with van der Waals surface area (Å²) in [5.41, 5.74) is -0.301. The van der Waals surface area contributed by atoms with Crippen LogP contribution in [0.25, 0.3) is 6.08 Å². The molecule has 0 radical (unpaired) electrons. The maximum Gasteiger partial charge on any atom is 0.305 e. The molecule has 0 bridgehead atoms. The Balaban J connectivity index is 2.63. The highest BCUT2D eigenvalue weighted by molar-refractivity contribution is 7.10. The first-order valence-electron chi connectivity index (χ1n) is 6.03. The van der Waals surface area contributed by atoms with Gasteiger partial charge in [-0.25, -0.2) is 0 Å². The van der Waals surface area contributed by atoms with E-state index in [2.05, 4.69) is 5.32 Å². The predicted octanol–water partition coefficient (Wildman–Crippen LogP) is 2.77. The number of aliphatic carboxylic acids is 1. The molecule has 1 unspecified atom stereocenters. The molecule has 1 aromatic rings. The van der Waals surface area contributed by atoms with Crippen molar-refractivity contribution in [1.29, 1.82) is 0 Å². The molecule has 0 aromatic carbocycles. The molecule has 0 aliphatic heterocycles. The monoisotopic (exact) mass is 281 g/mol. The highest BCUT2D eigenvalue weighted by Crippen LogP contribution is 2.22. The van der Waals surface area contributed by atoms with E-state index in [0.29, 0.717) is 0 Å². The Kier molecular flexibility index (Phi) is 5.30. The van der Waals surface area contributed by atoms with Gasteiger partial charge < -0.3 is 10.4 Å². The minimum Gasteiger partial charge on any atom is -0.481 e. The van der Waals surface area contributed by atoms with Crippen LogP contribution in [0.1, 0.15) is 32.1 Å². The Labute approximate surface area is 117 Å². The Hall–Kier alpha value is -1.62. The van der Waals surface area contributed by atoms with Gasteiger partial charge in [-0.3, -0.25) is 9.59 Å². The van der Waals surface area contributed by atoms with Crippen LogP contribution in [0.4, 0.5) is 0 Å². The minimum atomic E-state index is -0.914. The first-order chi connectivity index (χ1) is 8.79. The predicted molar refractivity (Wildman–Crippen MR) is 77.0 cm³/mol. The topological polar surface area (TPSA) is 66.4 Å². The summed E-state index contributed by atoms with van der Waals surface area (Å²) in [7, 11) is 0. The lowest BCUT2D eigenvalue weighted by Crippen LogP contribution is -2.44. The second-order valence-corrected chi connectivity index (χ2v) is 6.35. The Morgan fingerprint density at radius 3 is 2.63 bits per heavy atom. The maximum absolute atomic E-state index is 11.8. The molecule has 4 nitrogen and oxygen atoms in total. The summed E-state index contributed by atoms with van der Waals surface area (Å²) in [4.78, 5) is 23.6. The van der Waals surface area contributed by atoms with Gasteiger partial charge in [-0.2, -0.15) is 0 Å². The molecule has 1 amide bonds. The van der Waals surface area contributed by atoms with E-state index in [9.17, 15) is 9.59 Å². The largest absolute Gasteiger partial charge is 0.481 e. The second-order valence-electron chi connectivity index (χ2n) is 5.37. The first-order valence-corrected chi connectivity index (χ1v) is 6.91. The Morgan fingerprint density at radius 2 is 2.16 bits per heavy atom. The summed E-state index contributed by atoms with van der Waals surface area (Å²) in [6.07, 6.45) is 3.08. The van der Waals surface area contributed by atoms with Crippen LogP contribution in [-0.4, -0.2) is 23.0 Å². The fourth-order valence-corrected chi connectivity index (χ4v) is 2.13. The van der Waals surface area contributed by atoms with Crippen molar-refractivity contribution in [2.45, 2.75) is 33.2 Å². The standard InChI is InChI=1S/C14H19NO3S/c1-14(2,3)11(9-13(17)18)15-12(16)7-6-10-5-4-8-19-10/h4-8,11H,9H2,1-3H3,(H,15,16)(H,17,18)/b7-6+. The summed E-state index contributed by atoms with van der Waals surface area (Å²) >= 11 is 1.54. The second kappa shape index (κ2) is 6.52. The van der Waals surface area contributed by atoms with Crippen molar-refractivity contribution >= 4 is 29.3 Å². The van der Waals surface area contributed by atoms with Crippen molar-refractivity contribution in [2.75, 3.05) is 0 Å². The summed E-state index contributed by atoms with van der Waals surface area (Å²) in [5.74, 6) is -1.18. The van der Waals surface area contributed by atoms with E-state index < -0.39 is 12.0 Å². The van der Waals surface area contributed by atoms with Crippen molar-refractivity contribution in [2.24, 2.45) is 5.41 Å². The molecule has 1 rings (SSSR count). The molecular formula is C14H19NO3S. The molecule has 0 spiro atoms. The third-order valence-electron chi connectivity index (χ3n) is 2.68. The van der Waals surface area contributed by atoms with Crippen LogP contribution in [0.15, 0.2) is 23.6 Å². The first kappa shape index (κ1) is 15.4. The number of thiophene rings is 1. The van der Waals surface area contributed by atoms with Crippen molar-refractivity contribution in [3.8, 4) is 0 Å². The third kappa shape index (κ3) is 5.70. The van der Waals surface area contributed by atoms with Crippen LogP contribution in [0, 0.1) is 5.41 Å². The van der Waals surface area contributed by atoms with Crippen molar-refractivity contribution in [3.05, 3.63) is 28.5 Å². The lowest BCUT2D eigenvalue weighted by Gasteiger charge is -2.29. The fourth-order valence-electron chi connectivity index (χ4n) is 1.51. The van der Waals surface area contributed by atoms with Crippen LogP contribution >= 0.6 is 11.3 Å². The quantitative estimate of drug-likeness (QED) is 0.816. The van der Waals surface area contributed by atoms with Gasteiger partial charge in [0.2, 0.25) is 5.91 Å². The lowest BCUT2D eigenvalue weighted by molar-refractivity contribution is -0.138. The van der Waals surface area contributed by atoms with Gasteiger partial charge in [-0.05, 0) is 22.9 Å². The number of amides is 1. The summed E-state index contributed by atoms with van der Waals surface area (Å²) in [6.45, 7) is 5.72. The van der Waals surface area contributed by atoms with Gasteiger partial charge >= 0.3 is 5.97 Å². The molecule has 0 aliphatic rings. The van der Waals surface area contributed by atoms with E-state index in [4.69, 9.17) is 5.11 Å². The van der Waals surface area contributed by atoms with Crippen LogP contribution in [-0.2, 0) is 9.59 Å². The van der Waals surface area contributed by atoms with Crippen molar-refractivity contribution in [1.82, 2.24) is 5.32 Å². The van der Waals surface area contributed by atoms with E-state index in [0.717, 1.165) is 4.88 Å². The number of carbonyl (C=O) groups excluding carboxylic acids is 1. The number of hydrogen-bond donors (Lipinski definition) is 2. The van der Waals surface area contributed by atoms with Gasteiger partial charge in [0, 0.05) is 17.0 Å². The minimum absolute atomic E-state index is 0.0813. The Bertz CT molecular complexity index is 458. The lowest BCUT2D eigenvalue weighted by atomic mass is 9.84. The zero-order valence-electron chi connectivity index (χ0n) is 11.3. The number of carboxylic acid groups (broad SMARTS) is 1. The normalized spacial score (nSPS) is 13.4. The number of carbonyl (C=O) groups is 2. The van der Waals surface area contributed by atoms with Crippen LogP contribution in [0.3, 0.4) is 0 Å². The van der Waals surface area contributed by atoms with Crippen LogP contribution in [0.2, 0.25) is 0 Å². The number of nitrogens with one attached hydrogen (secondary N) is 1.